The molecule has 0 fully saturated rings. The van der Waals surface area contributed by atoms with Crippen LogP contribution >= 0.6 is 0 Å². The average Bonchev–Trinajstić information content (AvgIpc) is 2.51. The van der Waals surface area contributed by atoms with E-state index in [0.717, 1.165) is 11.1 Å². The number of hydrogen-bond acceptors (Lipinski definition) is 1. The molecule has 0 aliphatic rings. The summed E-state index contributed by atoms with van der Waals surface area (Å²) in [6.07, 6.45) is 0. The topological polar surface area (TPSA) is 20.2 Å². The third-order valence-electron chi connectivity index (χ3n) is 3.52. The molecule has 3 aromatic carbocycles. The molecule has 0 unspecified atom stereocenters. The Morgan fingerprint density at radius 2 is 1.25 bits per heavy atom. The van der Waals surface area contributed by atoms with Crippen molar-refractivity contribution >= 4 is 0 Å². The molecule has 1 N–H and O–H groups in total. The van der Waals surface area contributed by atoms with Crippen LogP contribution in [0.4, 0.5) is 0 Å². The van der Waals surface area contributed by atoms with Crippen molar-refractivity contribution in [1.29, 1.82) is 0 Å². The first-order valence-electron chi connectivity index (χ1n) is 6.70. The lowest BCUT2D eigenvalue weighted by Gasteiger charge is -2.11. The summed E-state index contributed by atoms with van der Waals surface area (Å²) in [4.78, 5) is 0. The van der Waals surface area contributed by atoms with Gasteiger partial charge in [0.25, 0.3) is 0 Å². The number of benzene rings is 3. The average molecular weight is 260 g/mol. The number of hydrogen-bond donors (Lipinski definition) is 1. The van der Waals surface area contributed by atoms with Crippen molar-refractivity contribution in [3.8, 4) is 28.0 Å². The van der Waals surface area contributed by atoms with Gasteiger partial charge in [-0.05, 0) is 46.9 Å². The highest BCUT2D eigenvalue weighted by atomic mass is 16.3. The molecule has 0 heterocycles. The largest absolute Gasteiger partial charge is 0.508 e. The van der Waals surface area contributed by atoms with Crippen LogP contribution in [0.1, 0.15) is 5.56 Å². The van der Waals surface area contributed by atoms with E-state index in [2.05, 4.69) is 30.3 Å². The maximum Gasteiger partial charge on any atom is 0.118 e. The van der Waals surface area contributed by atoms with Crippen LogP contribution in [0.2, 0.25) is 0 Å². The second-order valence-electron chi connectivity index (χ2n) is 4.91. The number of aromatic hydroxyl groups is 1. The second-order valence-corrected chi connectivity index (χ2v) is 4.91. The Hall–Kier alpha value is -2.54. The monoisotopic (exact) mass is 260 g/mol. The Balaban J connectivity index is 2.17. The molecule has 20 heavy (non-hydrogen) atoms. The fraction of sp³-hybridized carbons (Fsp3) is 0.0526. The Morgan fingerprint density at radius 1 is 0.650 bits per heavy atom. The van der Waals surface area contributed by atoms with E-state index in [-0.39, 0.29) is 0 Å². The van der Waals surface area contributed by atoms with Gasteiger partial charge in [-0.1, -0.05) is 60.7 Å². The fourth-order valence-corrected chi connectivity index (χ4v) is 2.43. The summed E-state index contributed by atoms with van der Waals surface area (Å²) in [6, 6.07) is 24.5. The van der Waals surface area contributed by atoms with Crippen LogP contribution < -0.4 is 0 Å². The SMILES string of the molecule is Cc1cc(-c2ccccc2-c2ccccc2)ccc1O. The first kappa shape index (κ1) is 12.5. The van der Waals surface area contributed by atoms with Gasteiger partial charge in [0.2, 0.25) is 0 Å². The third-order valence-corrected chi connectivity index (χ3v) is 3.52. The molecule has 1 nitrogen and oxygen atoms in total. The molecule has 0 spiro atoms. The second kappa shape index (κ2) is 5.22. The van der Waals surface area contributed by atoms with Crippen LogP contribution in [0.15, 0.2) is 72.8 Å². The zero-order chi connectivity index (χ0) is 13.9. The minimum absolute atomic E-state index is 0.339. The van der Waals surface area contributed by atoms with Gasteiger partial charge in [-0.15, -0.1) is 0 Å². The lowest BCUT2D eigenvalue weighted by molar-refractivity contribution is 0.471. The zero-order valence-electron chi connectivity index (χ0n) is 11.4. The summed E-state index contributed by atoms with van der Waals surface area (Å²) in [7, 11) is 0. The van der Waals surface area contributed by atoms with Crippen LogP contribution in [-0.2, 0) is 0 Å². The molecular formula is C19H16O. The third kappa shape index (κ3) is 2.30. The van der Waals surface area contributed by atoms with E-state index in [9.17, 15) is 5.11 Å². The van der Waals surface area contributed by atoms with Gasteiger partial charge in [-0.3, -0.25) is 0 Å². The van der Waals surface area contributed by atoms with Crippen molar-refractivity contribution < 1.29 is 5.11 Å². The van der Waals surface area contributed by atoms with Gasteiger partial charge >= 0.3 is 0 Å². The minimum atomic E-state index is 0.339. The molecule has 0 radical (unpaired) electrons. The lowest BCUT2D eigenvalue weighted by atomic mass is 9.94. The van der Waals surface area contributed by atoms with Crippen LogP contribution in [0, 0.1) is 6.92 Å². The normalized spacial score (nSPS) is 10.4. The molecular weight excluding hydrogens is 244 g/mol. The van der Waals surface area contributed by atoms with Crippen molar-refractivity contribution in [1.82, 2.24) is 0 Å². The molecule has 0 amide bonds. The highest BCUT2D eigenvalue weighted by Gasteiger charge is 2.07. The molecule has 1 heteroatoms. The highest BCUT2D eigenvalue weighted by molar-refractivity contribution is 5.83. The maximum atomic E-state index is 9.68. The van der Waals surface area contributed by atoms with E-state index >= 15 is 0 Å². The molecule has 0 saturated heterocycles. The van der Waals surface area contributed by atoms with Crippen molar-refractivity contribution in [3.05, 3.63) is 78.4 Å². The summed E-state index contributed by atoms with van der Waals surface area (Å²) < 4.78 is 0. The molecule has 3 aromatic rings. The van der Waals surface area contributed by atoms with E-state index < -0.39 is 0 Å². The highest BCUT2D eigenvalue weighted by Crippen LogP contribution is 2.33. The van der Waals surface area contributed by atoms with Gasteiger partial charge in [0.1, 0.15) is 5.75 Å². The van der Waals surface area contributed by atoms with Crippen molar-refractivity contribution in [3.63, 3.8) is 0 Å². The summed E-state index contributed by atoms with van der Waals surface area (Å²) >= 11 is 0. The molecule has 0 aliphatic heterocycles. The van der Waals surface area contributed by atoms with Crippen LogP contribution in [0.25, 0.3) is 22.3 Å². The van der Waals surface area contributed by atoms with Gasteiger partial charge in [0.05, 0.1) is 0 Å². The first-order valence-corrected chi connectivity index (χ1v) is 6.70. The Bertz CT molecular complexity index is 730. The maximum absolute atomic E-state index is 9.68. The number of aryl methyl sites for hydroxylation is 1. The van der Waals surface area contributed by atoms with Gasteiger partial charge in [-0.25, -0.2) is 0 Å². The Labute approximate surface area is 119 Å². The lowest BCUT2D eigenvalue weighted by Crippen LogP contribution is -1.85. The predicted octanol–water partition coefficient (Wildman–Crippen LogP) is 5.03. The Morgan fingerprint density at radius 3 is 1.90 bits per heavy atom. The number of phenols is 1. The molecule has 0 bridgehead atoms. The van der Waals surface area contributed by atoms with Crippen molar-refractivity contribution in [2.45, 2.75) is 6.92 Å². The van der Waals surface area contributed by atoms with Crippen LogP contribution in [0.5, 0.6) is 5.75 Å². The van der Waals surface area contributed by atoms with E-state index in [1.54, 1.807) is 6.07 Å². The quantitative estimate of drug-likeness (QED) is 0.684. The summed E-state index contributed by atoms with van der Waals surface area (Å²) in [5.41, 5.74) is 5.61. The van der Waals surface area contributed by atoms with Gasteiger partial charge in [-0.2, -0.15) is 0 Å². The standard InChI is InChI=1S/C19H16O/c1-14-13-16(11-12-19(14)20)18-10-6-5-9-17(18)15-7-3-2-4-8-15/h2-13,20H,1H3. The zero-order valence-corrected chi connectivity index (χ0v) is 11.4. The van der Waals surface area contributed by atoms with E-state index in [0.29, 0.717) is 5.75 Å². The molecule has 0 saturated carbocycles. The van der Waals surface area contributed by atoms with E-state index in [1.807, 2.05) is 43.3 Å². The molecule has 0 aliphatic carbocycles. The summed E-state index contributed by atoms with van der Waals surface area (Å²) in [5, 5.41) is 9.68. The Kier molecular flexibility index (Phi) is 3.26. The van der Waals surface area contributed by atoms with E-state index in [4.69, 9.17) is 0 Å². The molecule has 0 aromatic heterocycles. The van der Waals surface area contributed by atoms with Gasteiger partial charge in [0.15, 0.2) is 0 Å². The van der Waals surface area contributed by atoms with E-state index in [1.165, 1.54) is 16.7 Å². The van der Waals surface area contributed by atoms with Crippen LogP contribution in [0.3, 0.4) is 0 Å². The summed E-state index contributed by atoms with van der Waals surface area (Å²) in [6.45, 7) is 1.92. The minimum Gasteiger partial charge on any atom is -0.508 e. The van der Waals surface area contributed by atoms with Crippen molar-refractivity contribution in [2.24, 2.45) is 0 Å². The van der Waals surface area contributed by atoms with Gasteiger partial charge in [0, 0.05) is 0 Å². The fourth-order valence-electron chi connectivity index (χ4n) is 2.43. The smallest absolute Gasteiger partial charge is 0.118 e. The summed E-state index contributed by atoms with van der Waals surface area (Å²) in [5.74, 6) is 0.339. The number of rotatable bonds is 2. The first-order chi connectivity index (χ1) is 9.75. The number of phenolic OH excluding ortho intramolecular Hbond substituents is 1. The van der Waals surface area contributed by atoms with Crippen molar-refractivity contribution in [2.75, 3.05) is 0 Å². The molecule has 98 valence electrons. The van der Waals surface area contributed by atoms with Crippen LogP contribution in [-0.4, -0.2) is 5.11 Å². The predicted molar refractivity (Wildman–Crippen MR) is 83.7 cm³/mol. The molecule has 0 atom stereocenters. The van der Waals surface area contributed by atoms with Gasteiger partial charge < -0.3 is 5.11 Å². The molecule has 3 rings (SSSR count).